The molecule has 0 radical (unpaired) electrons. The van der Waals surface area contributed by atoms with Crippen LogP contribution >= 0.6 is 0 Å². The van der Waals surface area contributed by atoms with Crippen molar-refractivity contribution in [2.24, 2.45) is 0 Å². The summed E-state index contributed by atoms with van der Waals surface area (Å²) in [5.41, 5.74) is 0.552. The van der Waals surface area contributed by atoms with Gasteiger partial charge in [0.05, 0.1) is 0 Å². The van der Waals surface area contributed by atoms with E-state index in [0.717, 1.165) is 45.1 Å². The summed E-state index contributed by atoms with van der Waals surface area (Å²) < 4.78 is 0. The topological polar surface area (TPSA) is 69.2 Å². The molecule has 0 aliphatic rings. The third kappa shape index (κ3) is 12.9. The minimum atomic E-state index is -0.947. The van der Waals surface area contributed by atoms with E-state index in [9.17, 15) is 14.7 Å². The number of unbranched alkanes of at least 4 members (excludes halogenated alkanes) is 7. The van der Waals surface area contributed by atoms with E-state index in [1.165, 1.54) is 12.8 Å². The lowest BCUT2D eigenvalue weighted by molar-refractivity contribution is -0.305. The van der Waals surface area contributed by atoms with Crippen LogP contribution in [0, 0.1) is 0 Å². The molecule has 0 aliphatic carbocycles. The van der Waals surface area contributed by atoms with Crippen LogP contribution in [0.25, 0.3) is 0 Å². The summed E-state index contributed by atoms with van der Waals surface area (Å²) in [7, 11) is 0. The molecule has 0 saturated carbocycles. The molecule has 0 aromatic heterocycles. The van der Waals surface area contributed by atoms with Gasteiger partial charge in [-0.3, -0.25) is 4.79 Å². The second kappa shape index (κ2) is 11.8. The molecule has 1 N–H and O–H groups in total. The summed E-state index contributed by atoms with van der Waals surface area (Å²) in [6.45, 7) is 6.00. The van der Waals surface area contributed by atoms with Gasteiger partial charge in [-0.25, -0.2) is 0 Å². The van der Waals surface area contributed by atoms with Crippen LogP contribution in [-0.4, -0.2) is 18.4 Å². The molecule has 0 fully saturated rings. The number of carboxylic acid groups (broad SMARTS) is 1. The van der Waals surface area contributed by atoms with Gasteiger partial charge >= 0.3 is 0 Å². The lowest BCUT2D eigenvalue weighted by Crippen LogP contribution is -2.24. The Labute approximate surface area is 116 Å². The molecule has 1 amide bonds. The van der Waals surface area contributed by atoms with E-state index in [2.05, 4.69) is 11.9 Å². The molecule has 0 atom stereocenters. The average Bonchev–Trinajstić information content (AvgIpc) is 2.35. The lowest BCUT2D eigenvalue weighted by Gasteiger charge is -2.05. The highest BCUT2D eigenvalue weighted by Crippen LogP contribution is 2.09. The highest BCUT2D eigenvalue weighted by Gasteiger charge is 1.99. The number of aliphatic carboxylic acids is 1. The quantitative estimate of drug-likeness (QED) is 0.434. The van der Waals surface area contributed by atoms with E-state index >= 15 is 0 Å². The Morgan fingerprint density at radius 1 is 0.947 bits per heavy atom. The van der Waals surface area contributed by atoms with Crippen molar-refractivity contribution in [3.8, 4) is 0 Å². The zero-order valence-electron chi connectivity index (χ0n) is 12.0. The minimum absolute atomic E-state index is 0.0621. The van der Waals surface area contributed by atoms with Crippen LogP contribution in [0.2, 0.25) is 0 Å². The maximum Gasteiger partial charge on any atom is 0.246 e. The van der Waals surface area contributed by atoms with Crippen LogP contribution in [0.5, 0.6) is 0 Å². The Hall–Kier alpha value is -1.32. The SMILES string of the molecule is C=C(C)C(=O)NCCCCCCCCCCC(=O)[O-]. The summed E-state index contributed by atoms with van der Waals surface area (Å²) in [6.07, 6.45) is 8.62. The second-order valence-electron chi connectivity index (χ2n) is 4.99. The predicted octanol–water partition coefficient (Wildman–Crippen LogP) is 1.94. The molecule has 0 aliphatic heterocycles. The number of carboxylic acids is 1. The van der Waals surface area contributed by atoms with Crippen LogP contribution in [-0.2, 0) is 9.59 Å². The number of nitrogens with one attached hydrogen (secondary N) is 1. The third-order valence-electron chi connectivity index (χ3n) is 2.98. The summed E-state index contributed by atoms with van der Waals surface area (Å²) in [5, 5.41) is 13.0. The molecule has 0 spiro atoms. The monoisotopic (exact) mass is 268 g/mol. The minimum Gasteiger partial charge on any atom is -0.550 e. The highest BCUT2D eigenvalue weighted by molar-refractivity contribution is 5.91. The number of carbonyl (C=O) groups is 2. The summed E-state index contributed by atoms with van der Waals surface area (Å²) in [4.78, 5) is 21.3. The molecule has 0 unspecified atom stereocenters. The van der Waals surface area contributed by atoms with Crippen LogP contribution < -0.4 is 10.4 Å². The van der Waals surface area contributed by atoms with Gasteiger partial charge in [-0.1, -0.05) is 45.1 Å². The summed E-state index contributed by atoms with van der Waals surface area (Å²) >= 11 is 0. The first-order valence-electron chi connectivity index (χ1n) is 7.17. The van der Waals surface area contributed by atoms with Gasteiger partial charge in [-0.15, -0.1) is 0 Å². The normalized spacial score (nSPS) is 10.2. The first-order valence-corrected chi connectivity index (χ1v) is 7.17. The van der Waals surface area contributed by atoms with Gasteiger partial charge in [0.1, 0.15) is 0 Å². The average molecular weight is 268 g/mol. The Bertz CT molecular complexity index is 287. The Kier molecular flexibility index (Phi) is 10.9. The summed E-state index contributed by atoms with van der Waals surface area (Å²) in [6, 6.07) is 0. The number of hydrogen-bond acceptors (Lipinski definition) is 3. The Balaban J connectivity index is 3.13. The zero-order valence-corrected chi connectivity index (χ0v) is 12.0. The van der Waals surface area contributed by atoms with Crippen LogP contribution in [0.15, 0.2) is 12.2 Å². The van der Waals surface area contributed by atoms with E-state index in [-0.39, 0.29) is 12.3 Å². The van der Waals surface area contributed by atoms with Gasteiger partial charge in [-0.2, -0.15) is 0 Å². The van der Waals surface area contributed by atoms with Crippen molar-refractivity contribution in [2.45, 2.75) is 64.7 Å². The van der Waals surface area contributed by atoms with Crippen LogP contribution in [0.3, 0.4) is 0 Å². The number of rotatable bonds is 12. The second-order valence-corrected chi connectivity index (χ2v) is 4.99. The van der Waals surface area contributed by atoms with Crippen LogP contribution in [0.4, 0.5) is 0 Å². The molecule has 0 aromatic rings. The fraction of sp³-hybridized carbons (Fsp3) is 0.733. The van der Waals surface area contributed by atoms with Crippen LogP contribution in [0.1, 0.15) is 64.7 Å². The first-order chi connectivity index (χ1) is 9.04. The third-order valence-corrected chi connectivity index (χ3v) is 2.98. The smallest absolute Gasteiger partial charge is 0.246 e. The van der Waals surface area contributed by atoms with Crippen molar-refractivity contribution in [1.29, 1.82) is 0 Å². The molecule has 0 rings (SSSR count). The lowest BCUT2D eigenvalue weighted by atomic mass is 10.1. The van der Waals surface area contributed by atoms with Gasteiger partial charge in [-0.05, 0) is 26.2 Å². The van der Waals surface area contributed by atoms with Gasteiger partial charge in [0.15, 0.2) is 0 Å². The predicted molar refractivity (Wildman–Crippen MR) is 74.4 cm³/mol. The molecular weight excluding hydrogens is 242 g/mol. The van der Waals surface area contributed by atoms with E-state index in [0.29, 0.717) is 5.57 Å². The van der Waals surface area contributed by atoms with Crippen molar-refractivity contribution in [3.05, 3.63) is 12.2 Å². The largest absolute Gasteiger partial charge is 0.550 e. The van der Waals surface area contributed by atoms with E-state index in [1.54, 1.807) is 6.92 Å². The molecule has 0 bridgehead atoms. The maximum absolute atomic E-state index is 11.2. The Morgan fingerprint density at radius 2 is 1.42 bits per heavy atom. The van der Waals surface area contributed by atoms with Gasteiger partial charge < -0.3 is 15.2 Å². The van der Waals surface area contributed by atoms with E-state index in [1.807, 2.05) is 0 Å². The summed E-state index contributed by atoms with van der Waals surface area (Å²) in [5.74, 6) is -1.01. The number of hydrogen-bond donors (Lipinski definition) is 1. The van der Waals surface area contributed by atoms with Crippen molar-refractivity contribution >= 4 is 11.9 Å². The standard InChI is InChI=1S/C15H27NO3/c1-13(2)15(19)16-12-10-8-6-4-3-5-7-9-11-14(17)18/h1,3-12H2,2H3,(H,16,19)(H,17,18)/p-1. The fourth-order valence-corrected chi connectivity index (χ4v) is 1.81. The zero-order chi connectivity index (χ0) is 14.5. The maximum atomic E-state index is 11.2. The van der Waals surface area contributed by atoms with E-state index < -0.39 is 5.97 Å². The fourth-order valence-electron chi connectivity index (χ4n) is 1.81. The van der Waals surface area contributed by atoms with Crippen molar-refractivity contribution < 1.29 is 14.7 Å². The van der Waals surface area contributed by atoms with Crippen molar-refractivity contribution in [3.63, 3.8) is 0 Å². The molecule has 4 heteroatoms. The molecule has 19 heavy (non-hydrogen) atoms. The highest BCUT2D eigenvalue weighted by atomic mass is 16.4. The molecular formula is C15H26NO3-. The van der Waals surface area contributed by atoms with Crippen molar-refractivity contribution in [1.82, 2.24) is 5.32 Å². The number of carbonyl (C=O) groups excluding carboxylic acids is 2. The first kappa shape index (κ1) is 17.7. The Morgan fingerprint density at radius 3 is 1.89 bits per heavy atom. The molecule has 110 valence electrons. The van der Waals surface area contributed by atoms with Crippen molar-refractivity contribution in [2.75, 3.05) is 6.54 Å². The molecule has 0 aromatic carbocycles. The number of amides is 1. The van der Waals surface area contributed by atoms with E-state index in [4.69, 9.17) is 0 Å². The molecule has 4 nitrogen and oxygen atoms in total. The molecule has 0 heterocycles. The van der Waals surface area contributed by atoms with Gasteiger partial charge in [0, 0.05) is 18.1 Å². The van der Waals surface area contributed by atoms with Gasteiger partial charge in [0.25, 0.3) is 0 Å². The van der Waals surface area contributed by atoms with Gasteiger partial charge in [0.2, 0.25) is 5.91 Å². The molecule has 0 saturated heterocycles.